The molecular formula is C25H24ClN5OS. The molecule has 1 fully saturated rings. The average Bonchev–Trinajstić information content (AvgIpc) is 3.29. The number of aldehydes is 1. The van der Waals surface area contributed by atoms with Gasteiger partial charge in [0.05, 0.1) is 11.6 Å². The minimum absolute atomic E-state index is 0.138. The summed E-state index contributed by atoms with van der Waals surface area (Å²) in [5, 5.41) is 1.60. The number of anilines is 1. The third-order valence-corrected chi connectivity index (χ3v) is 7.43. The highest BCUT2D eigenvalue weighted by atomic mass is 35.5. The van der Waals surface area contributed by atoms with Crippen LogP contribution < -0.4 is 5.73 Å². The standard InChI is InChI=1S/C25H24ClN5OS/c26-19-4-2-18(3-5-19)24-8-6-21(33-24)14-30-9-10-31(20(13-30)15-32)12-17-1-7-22-23(11-17)28-16-29-25(22)27/h1-8,11,15-16,20H,9-10,12-14H2,(H2,27,28,29). The van der Waals surface area contributed by atoms with Gasteiger partial charge in [0.1, 0.15) is 18.4 Å². The molecule has 6 nitrogen and oxygen atoms in total. The number of fused-ring (bicyclic) bond motifs is 1. The maximum absolute atomic E-state index is 11.9. The molecule has 5 rings (SSSR count). The van der Waals surface area contributed by atoms with E-state index >= 15 is 0 Å². The fourth-order valence-electron chi connectivity index (χ4n) is 4.28. The molecule has 2 aromatic heterocycles. The maximum atomic E-state index is 11.9. The van der Waals surface area contributed by atoms with Crippen LogP contribution in [0.25, 0.3) is 21.3 Å². The van der Waals surface area contributed by atoms with Gasteiger partial charge in [-0.1, -0.05) is 29.8 Å². The Labute approximate surface area is 201 Å². The van der Waals surface area contributed by atoms with Gasteiger partial charge in [-0.25, -0.2) is 9.97 Å². The quantitative estimate of drug-likeness (QED) is 0.413. The topological polar surface area (TPSA) is 75.3 Å². The smallest absolute Gasteiger partial charge is 0.138 e. The summed E-state index contributed by atoms with van der Waals surface area (Å²) in [5.41, 5.74) is 9.06. The summed E-state index contributed by atoms with van der Waals surface area (Å²) >= 11 is 7.80. The number of carbonyl (C=O) groups is 1. The molecule has 33 heavy (non-hydrogen) atoms. The van der Waals surface area contributed by atoms with Crippen LogP contribution in [0.2, 0.25) is 5.02 Å². The number of nitrogens with two attached hydrogens (primary N) is 1. The van der Waals surface area contributed by atoms with Gasteiger partial charge >= 0.3 is 0 Å². The number of halogens is 1. The molecule has 0 amide bonds. The molecule has 4 aromatic rings. The van der Waals surface area contributed by atoms with E-state index in [4.69, 9.17) is 17.3 Å². The molecule has 0 aliphatic carbocycles. The molecule has 168 valence electrons. The van der Waals surface area contributed by atoms with Gasteiger partial charge in [0.25, 0.3) is 0 Å². The second kappa shape index (κ2) is 9.57. The SMILES string of the molecule is Nc1ncnc2cc(CN3CCN(Cc4ccc(-c5ccc(Cl)cc5)s4)CC3C=O)ccc12. The van der Waals surface area contributed by atoms with Crippen molar-refractivity contribution in [3.63, 3.8) is 0 Å². The molecule has 0 saturated carbocycles. The summed E-state index contributed by atoms with van der Waals surface area (Å²) in [4.78, 5) is 27.4. The number of carbonyl (C=O) groups excluding carboxylic acids is 1. The van der Waals surface area contributed by atoms with E-state index in [1.165, 1.54) is 21.6 Å². The molecule has 8 heteroatoms. The molecular weight excluding hydrogens is 454 g/mol. The number of nitrogens with zero attached hydrogens (tertiary/aromatic N) is 4. The van der Waals surface area contributed by atoms with Crippen molar-refractivity contribution in [3.05, 3.63) is 76.4 Å². The number of hydrogen-bond donors (Lipinski definition) is 1. The molecule has 1 saturated heterocycles. The molecule has 3 heterocycles. The lowest BCUT2D eigenvalue weighted by Crippen LogP contribution is -2.52. The number of piperazine rings is 1. The van der Waals surface area contributed by atoms with Gasteiger partial charge in [-0.3, -0.25) is 9.80 Å². The van der Waals surface area contributed by atoms with Gasteiger partial charge < -0.3 is 10.5 Å². The summed E-state index contributed by atoms with van der Waals surface area (Å²) in [6.07, 6.45) is 2.55. The Balaban J connectivity index is 1.23. The molecule has 1 unspecified atom stereocenters. The summed E-state index contributed by atoms with van der Waals surface area (Å²) in [6, 6.07) is 18.2. The third-order valence-electron chi connectivity index (χ3n) is 6.06. The Morgan fingerprint density at radius 2 is 1.91 bits per heavy atom. The van der Waals surface area contributed by atoms with Crippen LogP contribution >= 0.6 is 22.9 Å². The van der Waals surface area contributed by atoms with E-state index in [0.717, 1.165) is 54.0 Å². The van der Waals surface area contributed by atoms with Crippen molar-refractivity contribution >= 4 is 45.9 Å². The van der Waals surface area contributed by atoms with Crippen molar-refractivity contribution < 1.29 is 4.79 Å². The van der Waals surface area contributed by atoms with Gasteiger partial charge in [-0.2, -0.15) is 0 Å². The zero-order chi connectivity index (χ0) is 22.8. The van der Waals surface area contributed by atoms with E-state index in [-0.39, 0.29) is 6.04 Å². The minimum atomic E-state index is -0.138. The minimum Gasteiger partial charge on any atom is -0.383 e. The number of thiophene rings is 1. The summed E-state index contributed by atoms with van der Waals surface area (Å²) in [7, 11) is 0. The van der Waals surface area contributed by atoms with Crippen LogP contribution in [0, 0.1) is 0 Å². The number of hydrogen-bond acceptors (Lipinski definition) is 7. The lowest BCUT2D eigenvalue weighted by molar-refractivity contribution is -0.115. The van der Waals surface area contributed by atoms with Crippen molar-refractivity contribution in [1.29, 1.82) is 0 Å². The van der Waals surface area contributed by atoms with Crippen molar-refractivity contribution in [2.45, 2.75) is 19.1 Å². The van der Waals surface area contributed by atoms with Crippen molar-refractivity contribution in [3.8, 4) is 10.4 Å². The van der Waals surface area contributed by atoms with E-state index < -0.39 is 0 Å². The van der Waals surface area contributed by atoms with Crippen LogP contribution in [-0.2, 0) is 17.9 Å². The van der Waals surface area contributed by atoms with E-state index in [2.05, 4.69) is 31.9 Å². The Morgan fingerprint density at radius 1 is 1.06 bits per heavy atom. The van der Waals surface area contributed by atoms with Crippen LogP contribution in [0.3, 0.4) is 0 Å². The second-order valence-electron chi connectivity index (χ2n) is 8.29. The molecule has 0 spiro atoms. The Hall–Kier alpha value is -2.84. The zero-order valence-corrected chi connectivity index (χ0v) is 19.6. The Bertz CT molecular complexity index is 1280. The summed E-state index contributed by atoms with van der Waals surface area (Å²) in [5.74, 6) is 0.485. The van der Waals surface area contributed by atoms with Gasteiger partial charge in [-0.05, 0) is 47.5 Å². The highest BCUT2D eigenvalue weighted by Crippen LogP contribution is 2.30. The van der Waals surface area contributed by atoms with Gasteiger partial charge in [0.2, 0.25) is 0 Å². The second-order valence-corrected chi connectivity index (χ2v) is 9.90. The van der Waals surface area contributed by atoms with Crippen LogP contribution in [0.5, 0.6) is 0 Å². The number of aromatic nitrogens is 2. The van der Waals surface area contributed by atoms with Gasteiger partial charge in [-0.15, -0.1) is 11.3 Å². The van der Waals surface area contributed by atoms with Crippen LogP contribution in [0.15, 0.2) is 60.9 Å². The first-order chi connectivity index (χ1) is 16.1. The average molecular weight is 478 g/mol. The first kappa shape index (κ1) is 22.0. The van der Waals surface area contributed by atoms with Crippen LogP contribution in [0.4, 0.5) is 5.82 Å². The zero-order valence-electron chi connectivity index (χ0n) is 18.0. The van der Waals surface area contributed by atoms with E-state index in [1.807, 2.05) is 42.5 Å². The number of benzene rings is 2. The normalized spacial score (nSPS) is 17.4. The molecule has 0 radical (unpaired) electrons. The fourth-order valence-corrected chi connectivity index (χ4v) is 5.47. The molecule has 1 aliphatic rings. The first-order valence-corrected chi connectivity index (χ1v) is 12.0. The molecule has 0 bridgehead atoms. The maximum Gasteiger partial charge on any atom is 0.138 e. The largest absolute Gasteiger partial charge is 0.383 e. The van der Waals surface area contributed by atoms with Crippen molar-refractivity contribution in [1.82, 2.24) is 19.8 Å². The molecule has 1 atom stereocenters. The summed E-state index contributed by atoms with van der Waals surface area (Å²) in [6.45, 7) is 4.03. The third kappa shape index (κ3) is 4.91. The molecule has 1 aliphatic heterocycles. The number of rotatable bonds is 6. The Kier molecular flexibility index (Phi) is 6.37. The molecule has 2 aromatic carbocycles. The van der Waals surface area contributed by atoms with Gasteiger partial charge in [0.15, 0.2) is 0 Å². The van der Waals surface area contributed by atoms with Gasteiger partial charge in [0, 0.05) is 52.9 Å². The Morgan fingerprint density at radius 3 is 2.73 bits per heavy atom. The highest BCUT2D eigenvalue weighted by molar-refractivity contribution is 7.15. The van der Waals surface area contributed by atoms with Crippen LogP contribution in [-0.4, -0.2) is 51.7 Å². The monoisotopic (exact) mass is 477 g/mol. The first-order valence-electron chi connectivity index (χ1n) is 10.8. The highest BCUT2D eigenvalue weighted by Gasteiger charge is 2.27. The van der Waals surface area contributed by atoms with E-state index in [0.29, 0.717) is 12.4 Å². The van der Waals surface area contributed by atoms with E-state index in [9.17, 15) is 4.79 Å². The predicted molar refractivity (Wildman–Crippen MR) is 134 cm³/mol. The van der Waals surface area contributed by atoms with Crippen LogP contribution in [0.1, 0.15) is 10.4 Å². The summed E-state index contributed by atoms with van der Waals surface area (Å²) < 4.78 is 0. The van der Waals surface area contributed by atoms with Crippen molar-refractivity contribution in [2.75, 3.05) is 25.4 Å². The van der Waals surface area contributed by atoms with Crippen molar-refractivity contribution in [2.24, 2.45) is 0 Å². The number of nitrogen functional groups attached to an aromatic ring is 1. The van der Waals surface area contributed by atoms with E-state index in [1.54, 1.807) is 11.3 Å². The predicted octanol–water partition coefficient (Wildman–Crippen LogP) is 4.48. The fraction of sp³-hybridized carbons (Fsp3) is 0.240. The lowest BCUT2D eigenvalue weighted by Gasteiger charge is -2.38. The lowest BCUT2D eigenvalue weighted by atomic mass is 10.1. The molecule has 2 N–H and O–H groups in total.